The first-order chi connectivity index (χ1) is 5.81. The van der Waals surface area contributed by atoms with Crippen LogP contribution >= 0.6 is 0 Å². The normalized spacial score (nSPS) is 9.92. The number of benzene rings is 1. The van der Waals surface area contributed by atoms with Gasteiger partial charge in [-0.25, -0.2) is 0 Å². The molecule has 1 nitrogen and oxygen atoms in total. The molecule has 0 spiro atoms. The molecule has 0 aromatic heterocycles. The lowest BCUT2D eigenvalue weighted by Gasteiger charge is -2.07. The van der Waals surface area contributed by atoms with Crippen LogP contribution in [-0.2, 0) is 12.8 Å². The van der Waals surface area contributed by atoms with E-state index in [0.29, 0.717) is 0 Å². The molecule has 0 unspecified atom stereocenters. The molecule has 0 atom stereocenters. The van der Waals surface area contributed by atoms with Gasteiger partial charge < -0.3 is 4.74 Å². The van der Waals surface area contributed by atoms with E-state index in [0.717, 1.165) is 18.6 Å². The van der Waals surface area contributed by atoms with E-state index < -0.39 is 0 Å². The molecule has 0 amide bonds. The zero-order valence-electron chi connectivity index (χ0n) is 8.05. The Kier molecular flexibility index (Phi) is 3.15. The van der Waals surface area contributed by atoms with Crippen LogP contribution in [0.15, 0.2) is 18.2 Å². The molecule has 1 rings (SSSR count). The smallest absolute Gasteiger partial charge is 0.122 e. The lowest BCUT2D eigenvalue weighted by atomic mass is 10.1. The first kappa shape index (κ1) is 9.11. The Morgan fingerprint density at radius 3 is 2.42 bits per heavy atom. The zero-order chi connectivity index (χ0) is 8.97. The third kappa shape index (κ3) is 1.79. The summed E-state index contributed by atoms with van der Waals surface area (Å²) in [5, 5.41) is 0. The molecule has 0 heterocycles. The van der Waals surface area contributed by atoms with E-state index in [-0.39, 0.29) is 0 Å². The van der Waals surface area contributed by atoms with Crippen molar-refractivity contribution in [2.45, 2.75) is 26.7 Å². The van der Waals surface area contributed by atoms with Gasteiger partial charge in [-0.05, 0) is 30.0 Å². The second-order valence-corrected chi connectivity index (χ2v) is 2.85. The Bertz CT molecular complexity index is 253. The molecule has 0 bridgehead atoms. The van der Waals surface area contributed by atoms with Crippen LogP contribution in [0.4, 0.5) is 0 Å². The highest BCUT2D eigenvalue weighted by Gasteiger charge is 2.00. The van der Waals surface area contributed by atoms with Gasteiger partial charge >= 0.3 is 0 Å². The van der Waals surface area contributed by atoms with Gasteiger partial charge in [-0.15, -0.1) is 0 Å². The van der Waals surface area contributed by atoms with E-state index in [1.54, 1.807) is 7.11 Å². The van der Waals surface area contributed by atoms with Crippen LogP contribution in [0.2, 0.25) is 0 Å². The van der Waals surface area contributed by atoms with Crippen LogP contribution in [0.25, 0.3) is 0 Å². The summed E-state index contributed by atoms with van der Waals surface area (Å²) < 4.78 is 5.24. The summed E-state index contributed by atoms with van der Waals surface area (Å²) in [7, 11) is 1.72. The van der Waals surface area contributed by atoms with Crippen molar-refractivity contribution >= 4 is 0 Å². The molecule has 66 valence electrons. The maximum Gasteiger partial charge on any atom is 0.122 e. The molecule has 12 heavy (non-hydrogen) atoms. The van der Waals surface area contributed by atoms with Crippen molar-refractivity contribution in [1.29, 1.82) is 0 Å². The van der Waals surface area contributed by atoms with Crippen molar-refractivity contribution in [2.75, 3.05) is 7.11 Å². The van der Waals surface area contributed by atoms with E-state index in [1.807, 2.05) is 0 Å². The van der Waals surface area contributed by atoms with Gasteiger partial charge in [0, 0.05) is 0 Å². The van der Waals surface area contributed by atoms with E-state index in [9.17, 15) is 0 Å². The quantitative estimate of drug-likeness (QED) is 0.667. The monoisotopic (exact) mass is 164 g/mol. The molecule has 0 N–H and O–H groups in total. The fourth-order valence-corrected chi connectivity index (χ4v) is 1.33. The lowest BCUT2D eigenvalue weighted by Crippen LogP contribution is -1.92. The number of hydrogen-bond donors (Lipinski definition) is 0. The van der Waals surface area contributed by atoms with Crippen LogP contribution in [-0.4, -0.2) is 7.11 Å². The molecule has 1 aromatic rings. The largest absolute Gasteiger partial charge is 0.496 e. The highest BCUT2D eigenvalue weighted by Crippen LogP contribution is 2.20. The summed E-state index contributed by atoms with van der Waals surface area (Å²) in [5.74, 6) is 1.01. The number of aryl methyl sites for hydroxylation is 2. The Morgan fingerprint density at radius 1 is 1.17 bits per heavy atom. The SMILES string of the molecule is CCc1ccc(OC)c(CC)c1. The van der Waals surface area contributed by atoms with E-state index in [1.165, 1.54) is 11.1 Å². The second-order valence-electron chi connectivity index (χ2n) is 2.85. The van der Waals surface area contributed by atoms with Crippen molar-refractivity contribution < 1.29 is 4.74 Å². The number of methoxy groups -OCH3 is 1. The maximum absolute atomic E-state index is 5.24. The predicted molar refractivity (Wildman–Crippen MR) is 51.8 cm³/mol. The van der Waals surface area contributed by atoms with Gasteiger partial charge in [0.05, 0.1) is 7.11 Å². The third-order valence-corrected chi connectivity index (χ3v) is 2.13. The Hall–Kier alpha value is -0.980. The van der Waals surface area contributed by atoms with E-state index in [4.69, 9.17) is 4.74 Å². The van der Waals surface area contributed by atoms with Gasteiger partial charge in [-0.1, -0.05) is 26.0 Å². The fourth-order valence-electron chi connectivity index (χ4n) is 1.33. The van der Waals surface area contributed by atoms with E-state index >= 15 is 0 Å². The van der Waals surface area contributed by atoms with Crippen LogP contribution < -0.4 is 4.74 Å². The number of rotatable bonds is 3. The van der Waals surface area contributed by atoms with Gasteiger partial charge in [0.15, 0.2) is 0 Å². The van der Waals surface area contributed by atoms with Crippen molar-refractivity contribution in [3.8, 4) is 5.75 Å². The summed E-state index contributed by atoms with van der Waals surface area (Å²) in [6, 6.07) is 6.40. The summed E-state index contributed by atoms with van der Waals surface area (Å²) in [6.07, 6.45) is 2.13. The Labute approximate surface area is 74.4 Å². The van der Waals surface area contributed by atoms with Crippen LogP contribution in [0, 0.1) is 0 Å². The minimum atomic E-state index is 1.01. The summed E-state index contributed by atoms with van der Waals surface area (Å²) >= 11 is 0. The van der Waals surface area contributed by atoms with Crippen LogP contribution in [0.5, 0.6) is 5.75 Å². The maximum atomic E-state index is 5.24. The average Bonchev–Trinajstić information content (AvgIpc) is 2.16. The molecule has 0 radical (unpaired) electrons. The van der Waals surface area contributed by atoms with Crippen molar-refractivity contribution in [1.82, 2.24) is 0 Å². The van der Waals surface area contributed by atoms with Crippen molar-refractivity contribution in [3.63, 3.8) is 0 Å². The van der Waals surface area contributed by atoms with Gasteiger partial charge in [0.1, 0.15) is 5.75 Å². The molecule has 1 aromatic carbocycles. The number of ether oxygens (including phenoxy) is 1. The van der Waals surface area contributed by atoms with E-state index in [2.05, 4.69) is 32.0 Å². The first-order valence-corrected chi connectivity index (χ1v) is 4.47. The highest BCUT2D eigenvalue weighted by molar-refractivity contribution is 5.37. The Morgan fingerprint density at radius 2 is 1.92 bits per heavy atom. The minimum Gasteiger partial charge on any atom is -0.496 e. The average molecular weight is 164 g/mol. The second kappa shape index (κ2) is 4.15. The predicted octanol–water partition coefficient (Wildman–Crippen LogP) is 2.82. The Balaban J connectivity index is 3.02. The summed E-state index contributed by atoms with van der Waals surface area (Å²) in [4.78, 5) is 0. The van der Waals surface area contributed by atoms with Gasteiger partial charge in [0.25, 0.3) is 0 Å². The standard InChI is InChI=1S/C11H16O/c1-4-9-6-7-11(12-3)10(5-2)8-9/h6-8H,4-5H2,1-3H3. The first-order valence-electron chi connectivity index (χ1n) is 4.47. The molecule has 0 aliphatic heterocycles. The number of hydrogen-bond acceptors (Lipinski definition) is 1. The molecule has 1 heteroatoms. The summed E-state index contributed by atoms with van der Waals surface area (Å²) in [6.45, 7) is 4.32. The topological polar surface area (TPSA) is 9.23 Å². The van der Waals surface area contributed by atoms with Crippen LogP contribution in [0.1, 0.15) is 25.0 Å². The lowest BCUT2D eigenvalue weighted by molar-refractivity contribution is 0.410. The molecule has 0 aliphatic rings. The highest BCUT2D eigenvalue weighted by atomic mass is 16.5. The molecular formula is C11H16O. The fraction of sp³-hybridized carbons (Fsp3) is 0.455. The summed E-state index contributed by atoms with van der Waals surface area (Å²) in [5.41, 5.74) is 2.68. The molecule has 0 aliphatic carbocycles. The van der Waals surface area contributed by atoms with Gasteiger partial charge in [0.2, 0.25) is 0 Å². The molecule has 0 saturated heterocycles. The third-order valence-electron chi connectivity index (χ3n) is 2.13. The van der Waals surface area contributed by atoms with Crippen LogP contribution in [0.3, 0.4) is 0 Å². The minimum absolute atomic E-state index is 1.01. The molecule has 0 fully saturated rings. The molecule has 0 saturated carbocycles. The van der Waals surface area contributed by atoms with Gasteiger partial charge in [-0.3, -0.25) is 0 Å². The van der Waals surface area contributed by atoms with Crippen molar-refractivity contribution in [2.24, 2.45) is 0 Å². The van der Waals surface area contributed by atoms with Gasteiger partial charge in [-0.2, -0.15) is 0 Å². The zero-order valence-corrected chi connectivity index (χ0v) is 8.05. The van der Waals surface area contributed by atoms with Crippen molar-refractivity contribution in [3.05, 3.63) is 29.3 Å². The molecular weight excluding hydrogens is 148 g/mol.